The molecule has 1 aliphatic rings. The minimum Gasteiger partial charge on any atom is -0.477 e. The highest BCUT2D eigenvalue weighted by Gasteiger charge is 2.22. The van der Waals surface area contributed by atoms with Crippen molar-refractivity contribution in [3.63, 3.8) is 0 Å². The molecule has 0 aliphatic heterocycles. The quantitative estimate of drug-likeness (QED) is 0.784. The third-order valence-electron chi connectivity index (χ3n) is 2.88. The Morgan fingerprint density at radius 3 is 3.00 bits per heavy atom. The van der Waals surface area contributed by atoms with Gasteiger partial charge in [0.2, 0.25) is 0 Å². The van der Waals surface area contributed by atoms with Gasteiger partial charge in [0.25, 0.3) is 5.91 Å². The predicted molar refractivity (Wildman–Crippen MR) is 67.6 cm³/mol. The van der Waals surface area contributed by atoms with Gasteiger partial charge >= 0.3 is 5.97 Å². The van der Waals surface area contributed by atoms with E-state index in [4.69, 9.17) is 5.11 Å². The first-order valence-electron chi connectivity index (χ1n) is 5.71. The van der Waals surface area contributed by atoms with Crippen molar-refractivity contribution in [1.29, 1.82) is 0 Å². The van der Waals surface area contributed by atoms with E-state index in [-0.39, 0.29) is 11.4 Å². The van der Waals surface area contributed by atoms with E-state index in [0.29, 0.717) is 5.13 Å². The van der Waals surface area contributed by atoms with Gasteiger partial charge in [-0.05, 0) is 19.3 Å². The zero-order valence-electron chi connectivity index (χ0n) is 9.77. The molecule has 0 saturated carbocycles. The van der Waals surface area contributed by atoms with Crippen LogP contribution in [0.5, 0.6) is 0 Å². The van der Waals surface area contributed by atoms with Crippen LogP contribution < -0.4 is 5.32 Å². The maximum absolute atomic E-state index is 11.9. The number of amides is 1. The van der Waals surface area contributed by atoms with E-state index in [0.717, 1.165) is 25.0 Å². The number of imidazole rings is 1. The van der Waals surface area contributed by atoms with Crippen molar-refractivity contribution >= 4 is 28.3 Å². The molecule has 0 unspecified atom stereocenters. The number of carboxylic acids is 1. The molecular weight excluding hydrogens is 268 g/mol. The van der Waals surface area contributed by atoms with E-state index < -0.39 is 11.9 Å². The first kappa shape index (κ1) is 11.8. The molecule has 98 valence electrons. The van der Waals surface area contributed by atoms with Gasteiger partial charge in [-0.25, -0.2) is 14.8 Å². The Hall–Kier alpha value is -2.22. The van der Waals surface area contributed by atoms with Gasteiger partial charge in [0.1, 0.15) is 0 Å². The number of aromatic carboxylic acids is 1. The molecular formula is C11H10N4O3S. The number of aromatic nitrogens is 3. The summed E-state index contributed by atoms with van der Waals surface area (Å²) < 4.78 is 0. The molecule has 0 aromatic carbocycles. The average molecular weight is 278 g/mol. The van der Waals surface area contributed by atoms with Crippen LogP contribution in [0, 0.1) is 0 Å². The molecule has 0 saturated heterocycles. The number of thiazole rings is 1. The highest BCUT2D eigenvalue weighted by atomic mass is 32.1. The number of aromatic amines is 1. The molecule has 2 heterocycles. The molecule has 3 N–H and O–H groups in total. The van der Waals surface area contributed by atoms with Gasteiger partial charge < -0.3 is 10.1 Å². The van der Waals surface area contributed by atoms with E-state index in [1.54, 1.807) is 0 Å². The van der Waals surface area contributed by atoms with Gasteiger partial charge in [-0.2, -0.15) is 0 Å². The van der Waals surface area contributed by atoms with Crippen molar-refractivity contribution in [2.45, 2.75) is 19.3 Å². The molecule has 2 aromatic rings. The lowest BCUT2D eigenvalue weighted by molar-refractivity contribution is 0.0686. The van der Waals surface area contributed by atoms with Crippen molar-refractivity contribution in [2.24, 2.45) is 0 Å². The molecule has 1 amide bonds. The second kappa shape index (κ2) is 4.47. The number of H-pyrrole nitrogens is 1. The number of carbonyl (C=O) groups is 2. The summed E-state index contributed by atoms with van der Waals surface area (Å²) in [7, 11) is 0. The number of hydrogen-bond donors (Lipinski definition) is 3. The summed E-state index contributed by atoms with van der Waals surface area (Å²) in [5.41, 5.74) is 0.672. The highest BCUT2D eigenvalue weighted by Crippen LogP contribution is 2.30. The fraction of sp³-hybridized carbons (Fsp3) is 0.273. The van der Waals surface area contributed by atoms with Gasteiger partial charge in [-0.15, -0.1) is 11.3 Å². The highest BCUT2D eigenvalue weighted by molar-refractivity contribution is 7.15. The Morgan fingerprint density at radius 1 is 1.42 bits per heavy atom. The summed E-state index contributed by atoms with van der Waals surface area (Å²) in [6.07, 6.45) is 4.21. The van der Waals surface area contributed by atoms with Crippen molar-refractivity contribution in [2.75, 3.05) is 5.32 Å². The molecule has 0 radical (unpaired) electrons. The van der Waals surface area contributed by atoms with Gasteiger partial charge in [0, 0.05) is 4.88 Å². The minimum atomic E-state index is -1.22. The summed E-state index contributed by atoms with van der Waals surface area (Å²) >= 11 is 1.43. The van der Waals surface area contributed by atoms with Crippen LogP contribution in [0.1, 0.15) is 38.0 Å². The zero-order chi connectivity index (χ0) is 13.4. The minimum absolute atomic E-state index is 0.136. The van der Waals surface area contributed by atoms with Crippen LogP contribution in [0.15, 0.2) is 6.33 Å². The number of aryl methyl sites for hydroxylation is 2. The first-order valence-corrected chi connectivity index (χ1v) is 6.53. The molecule has 2 aromatic heterocycles. The first-order chi connectivity index (χ1) is 9.15. The summed E-state index contributed by atoms with van der Waals surface area (Å²) in [5, 5.41) is 12.0. The van der Waals surface area contributed by atoms with Gasteiger partial charge in [-0.1, -0.05) is 0 Å². The molecule has 8 heteroatoms. The second-order valence-electron chi connectivity index (χ2n) is 4.13. The van der Waals surface area contributed by atoms with Gasteiger partial charge in [0.15, 0.2) is 16.5 Å². The standard InChI is InChI=1S/C11H10N4O3S/c16-9(7-8(10(17)18)13-4-12-7)15-11-14-5-2-1-3-6(5)19-11/h4H,1-3H2,(H,12,13)(H,17,18)(H,14,15,16). The maximum atomic E-state index is 11.9. The fourth-order valence-corrected chi connectivity index (χ4v) is 3.07. The van der Waals surface area contributed by atoms with Crippen LogP contribution in [0.4, 0.5) is 5.13 Å². The Balaban J connectivity index is 1.80. The largest absolute Gasteiger partial charge is 0.477 e. The van der Waals surface area contributed by atoms with Crippen LogP contribution in [0.3, 0.4) is 0 Å². The Kier molecular flexibility index (Phi) is 2.79. The maximum Gasteiger partial charge on any atom is 0.354 e. The van der Waals surface area contributed by atoms with E-state index >= 15 is 0 Å². The van der Waals surface area contributed by atoms with E-state index in [1.807, 2.05) is 0 Å². The summed E-state index contributed by atoms with van der Waals surface area (Å²) in [4.78, 5) is 34.5. The number of carbonyl (C=O) groups excluding carboxylic acids is 1. The van der Waals surface area contributed by atoms with E-state index in [1.165, 1.54) is 22.5 Å². The zero-order valence-corrected chi connectivity index (χ0v) is 10.6. The number of carboxylic acid groups (broad SMARTS) is 1. The summed E-state index contributed by atoms with van der Waals surface area (Å²) in [6.45, 7) is 0. The average Bonchev–Trinajstić information content (AvgIpc) is 3.01. The SMILES string of the molecule is O=C(Nc1nc2c(s1)CCC2)c1nc[nH]c1C(=O)O. The second-order valence-corrected chi connectivity index (χ2v) is 5.21. The Labute approximate surface area is 111 Å². The van der Waals surface area contributed by atoms with Crippen molar-refractivity contribution in [3.8, 4) is 0 Å². The van der Waals surface area contributed by atoms with Crippen LogP contribution in [-0.4, -0.2) is 31.9 Å². The third-order valence-corrected chi connectivity index (χ3v) is 3.96. The Bertz CT molecular complexity index is 639. The van der Waals surface area contributed by atoms with Crippen molar-refractivity contribution < 1.29 is 14.7 Å². The molecule has 7 nitrogen and oxygen atoms in total. The van der Waals surface area contributed by atoms with E-state index in [2.05, 4.69) is 20.3 Å². The molecule has 3 rings (SSSR count). The molecule has 1 aliphatic carbocycles. The van der Waals surface area contributed by atoms with E-state index in [9.17, 15) is 9.59 Å². The lowest BCUT2D eigenvalue weighted by atomic mass is 10.3. The topological polar surface area (TPSA) is 108 Å². The lowest BCUT2D eigenvalue weighted by Gasteiger charge is -1.99. The molecule has 19 heavy (non-hydrogen) atoms. The molecule has 0 fully saturated rings. The van der Waals surface area contributed by atoms with Crippen LogP contribution in [0.25, 0.3) is 0 Å². The number of fused-ring (bicyclic) bond motifs is 1. The van der Waals surface area contributed by atoms with Crippen LogP contribution in [-0.2, 0) is 12.8 Å². The van der Waals surface area contributed by atoms with Crippen molar-refractivity contribution in [3.05, 3.63) is 28.3 Å². The molecule has 0 spiro atoms. The summed E-state index contributed by atoms with van der Waals surface area (Å²) in [5.74, 6) is -1.78. The smallest absolute Gasteiger partial charge is 0.354 e. The Morgan fingerprint density at radius 2 is 2.26 bits per heavy atom. The number of hydrogen-bond acceptors (Lipinski definition) is 5. The predicted octanol–water partition coefficient (Wildman–Crippen LogP) is 1.31. The number of nitrogens with one attached hydrogen (secondary N) is 2. The third kappa shape index (κ3) is 2.10. The molecule has 0 bridgehead atoms. The van der Waals surface area contributed by atoms with Crippen LogP contribution >= 0.6 is 11.3 Å². The fourth-order valence-electron chi connectivity index (χ4n) is 2.03. The van der Waals surface area contributed by atoms with Gasteiger partial charge in [-0.3, -0.25) is 10.1 Å². The van der Waals surface area contributed by atoms with Gasteiger partial charge in [0.05, 0.1) is 12.0 Å². The summed E-state index contributed by atoms with van der Waals surface area (Å²) in [6, 6.07) is 0. The monoisotopic (exact) mass is 278 g/mol. The normalized spacial score (nSPS) is 13.3. The number of nitrogens with zero attached hydrogens (tertiary/aromatic N) is 2. The lowest BCUT2D eigenvalue weighted by Crippen LogP contribution is -2.16. The molecule has 0 atom stereocenters. The number of rotatable bonds is 3. The van der Waals surface area contributed by atoms with Crippen molar-refractivity contribution in [1.82, 2.24) is 15.0 Å². The van der Waals surface area contributed by atoms with Crippen LogP contribution in [0.2, 0.25) is 0 Å². The number of anilines is 1.